The average molecular weight is 377 g/mol. The SMILES string of the molecule is COc1ccccc1NC(=O)c1cnc(Nc2ccc(NC(C)=O)cc2)nc1. The van der Waals surface area contributed by atoms with Gasteiger partial charge in [-0.25, -0.2) is 9.97 Å². The molecule has 28 heavy (non-hydrogen) atoms. The number of aromatic nitrogens is 2. The van der Waals surface area contributed by atoms with Crippen LogP contribution in [-0.4, -0.2) is 28.9 Å². The molecule has 0 atom stereocenters. The lowest BCUT2D eigenvalue weighted by molar-refractivity contribution is -0.114. The topological polar surface area (TPSA) is 105 Å². The van der Waals surface area contributed by atoms with Gasteiger partial charge in [-0.2, -0.15) is 0 Å². The maximum Gasteiger partial charge on any atom is 0.258 e. The van der Waals surface area contributed by atoms with Crippen LogP contribution in [0.4, 0.5) is 23.0 Å². The summed E-state index contributed by atoms with van der Waals surface area (Å²) in [6, 6.07) is 14.2. The van der Waals surface area contributed by atoms with Crippen molar-refractivity contribution in [2.75, 3.05) is 23.1 Å². The van der Waals surface area contributed by atoms with Crippen molar-refractivity contribution in [2.24, 2.45) is 0 Å². The van der Waals surface area contributed by atoms with E-state index in [1.54, 1.807) is 42.5 Å². The van der Waals surface area contributed by atoms with E-state index in [4.69, 9.17) is 4.74 Å². The fraction of sp³-hybridized carbons (Fsp3) is 0.100. The van der Waals surface area contributed by atoms with Crippen LogP contribution in [0.5, 0.6) is 5.75 Å². The monoisotopic (exact) mass is 377 g/mol. The van der Waals surface area contributed by atoms with Crippen LogP contribution in [-0.2, 0) is 4.79 Å². The Bertz CT molecular complexity index is 972. The Balaban J connectivity index is 1.64. The third kappa shape index (κ3) is 4.82. The number of nitrogens with zero attached hydrogens (tertiary/aromatic N) is 2. The van der Waals surface area contributed by atoms with Gasteiger partial charge in [0.05, 0.1) is 18.4 Å². The number of carbonyl (C=O) groups excluding carboxylic acids is 2. The van der Waals surface area contributed by atoms with E-state index in [9.17, 15) is 9.59 Å². The van der Waals surface area contributed by atoms with Gasteiger partial charge in [-0.15, -0.1) is 0 Å². The molecule has 0 radical (unpaired) electrons. The maximum atomic E-state index is 12.4. The third-order valence-corrected chi connectivity index (χ3v) is 3.73. The molecule has 8 nitrogen and oxygen atoms in total. The first-order valence-corrected chi connectivity index (χ1v) is 8.46. The Morgan fingerprint density at radius 2 is 1.54 bits per heavy atom. The molecule has 142 valence electrons. The second-order valence-corrected chi connectivity index (χ2v) is 5.83. The minimum Gasteiger partial charge on any atom is -0.495 e. The quantitative estimate of drug-likeness (QED) is 0.608. The smallest absolute Gasteiger partial charge is 0.258 e. The molecular formula is C20H19N5O3. The van der Waals surface area contributed by atoms with Crippen molar-refractivity contribution in [3.05, 3.63) is 66.5 Å². The van der Waals surface area contributed by atoms with E-state index in [-0.39, 0.29) is 11.8 Å². The van der Waals surface area contributed by atoms with Gasteiger partial charge in [-0.1, -0.05) is 12.1 Å². The summed E-state index contributed by atoms with van der Waals surface area (Å²) in [7, 11) is 1.54. The zero-order valence-corrected chi connectivity index (χ0v) is 15.4. The summed E-state index contributed by atoms with van der Waals surface area (Å²) >= 11 is 0. The summed E-state index contributed by atoms with van der Waals surface area (Å²) < 4.78 is 5.22. The van der Waals surface area contributed by atoms with E-state index < -0.39 is 0 Å². The van der Waals surface area contributed by atoms with E-state index in [1.165, 1.54) is 26.4 Å². The molecule has 8 heteroatoms. The largest absolute Gasteiger partial charge is 0.495 e. The van der Waals surface area contributed by atoms with Gasteiger partial charge in [0, 0.05) is 30.7 Å². The van der Waals surface area contributed by atoms with Gasteiger partial charge in [0.15, 0.2) is 0 Å². The Kier molecular flexibility index (Phi) is 5.81. The zero-order valence-electron chi connectivity index (χ0n) is 15.4. The first-order valence-electron chi connectivity index (χ1n) is 8.46. The Morgan fingerprint density at radius 1 is 0.893 bits per heavy atom. The van der Waals surface area contributed by atoms with Crippen LogP contribution in [0.15, 0.2) is 60.9 Å². The molecular weight excluding hydrogens is 358 g/mol. The molecule has 0 saturated carbocycles. The number of amides is 2. The summed E-state index contributed by atoms with van der Waals surface area (Å²) in [4.78, 5) is 31.7. The Labute approximate surface area is 162 Å². The first-order chi connectivity index (χ1) is 13.5. The van der Waals surface area contributed by atoms with Crippen LogP contribution in [0.25, 0.3) is 0 Å². The van der Waals surface area contributed by atoms with E-state index in [0.29, 0.717) is 28.6 Å². The molecule has 0 saturated heterocycles. The number of rotatable bonds is 6. The Hall–Kier alpha value is -3.94. The van der Waals surface area contributed by atoms with Crippen molar-refractivity contribution in [3.63, 3.8) is 0 Å². The summed E-state index contributed by atoms with van der Waals surface area (Å²) in [6.07, 6.45) is 2.87. The van der Waals surface area contributed by atoms with Crippen LogP contribution in [0, 0.1) is 0 Å². The van der Waals surface area contributed by atoms with Gasteiger partial charge in [-0.3, -0.25) is 9.59 Å². The number of methoxy groups -OCH3 is 1. The number of hydrogen-bond acceptors (Lipinski definition) is 6. The number of carbonyl (C=O) groups is 2. The molecule has 1 heterocycles. The summed E-state index contributed by atoms with van der Waals surface area (Å²) in [5.74, 6) is 0.445. The predicted molar refractivity (Wildman–Crippen MR) is 107 cm³/mol. The number of hydrogen-bond donors (Lipinski definition) is 3. The third-order valence-electron chi connectivity index (χ3n) is 3.73. The van der Waals surface area contributed by atoms with E-state index in [2.05, 4.69) is 25.9 Å². The van der Waals surface area contributed by atoms with E-state index in [1.807, 2.05) is 6.07 Å². The first kappa shape index (κ1) is 18.8. The normalized spacial score (nSPS) is 10.1. The molecule has 0 aliphatic carbocycles. The molecule has 0 unspecified atom stereocenters. The molecule has 0 aliphatic rings. The van der Waals surface area contributed by atoms with Gasteiger partial charge in [0.25, 0.3) is 5.91 Å². The highest BCUT2D eigenvalue weighted by molar-refractivity contribution is 6.04. The van der Waals surface area contributed by atoms with E-state index >= 15 is 0 Å². The molecule has 2 aromatic carbocycles. The number of para-hydroxylation sites is 2. The van der Waals surface area contributed by atoms with Crippen LogP contribution in [0.1, 0.15) is 17.3 Å². The molecule has 0 bridgehead atoms. The number of benzene rings is 2. The molecule has 3 rings (SSSR count). The lowest BCUT2D eigenvalue weighted by Gasteiger charge is -2.10. The zero-order chi connectivity index (χ0) is 19.9. The molecule has 0 aliphatic heterocycles. The highest BCUT2D eigenvalue weighted by atomic mass is 16.5. The molecule has 3 aromatic rings. The fourth-order valence-corrected chi connectivity index (χ4v) is 2.42. The van der Waals surface area contributed by atoms with Crippen molar-refractivity contribution in [1.29, 1.82) is 0 Å². The van der Waals surface area contributed by atoms with Gasteiger partial charge >= 0.3 is 0 Å². The summed E-state index contributed by atoms with van der Waals surface area (Å²) in [6.45, 7) is 1.45. The molecule has 3 N–H and O–H groups in total. The molecule has 2 amide bonds. The minimum absolute atomic E-state index is 0.133. The van der Waals surface area contributed by atoms with Gasteiger partial charge in [0.2, 0.25) is 11.9 Å². The number of anilines is 4. The number of nitrogens with one attached hydrogen (secondary N) is 3. The van der Waals surface area contributed by atoms with Gasteiger partial charge < -0.3 is 20.7 Å². The highest BCUT2D eigenvalue weighted by Crippen LogP contribution is 2.23. The van der Waals surface area contributed by atoms with Crippen LogP contribution >= 0.6 is 0 Å². The Morgan fingerprint density at radius 3 is 2.18 bits per heavy atom. The average Bonchev–Trinajstić information content (AvgIpc) is 2.70. The summed E-state index contributed by atoms with van der Waals surface area (Å²) in [5, 5.41) is 8.49. The second-order valence-electron chi connectivity index (χ2n) is 5.83. The van der Waals surface area contributed by atoms with Crippen molar-refractivity contribution in [3.8, 4) is 5.75 Å². The van der Waals surface area contributed by atoms with Gasteiger partial charge in [0.1, 0.15) is 5.75 Å². The van der Waals surface area contributed by atoms with Gasteiger partial charge in [-0.05, 0) is 36.4 Å². The molecule has 1 aromatic heterocycles. The van der Waals surface area contributed by atoms with Crippen LogP contribution in [0.2, 0.25) is 0 Å². The second kappa shape index (κ2) is 8.63. The lowest BCUT2D eigenvalue weighted by Crippen LogP contribution is -2.13. The molecule has 0 fully saturated rings. The standard InChI is InChI=1S/C20H19N5O3/c1-13(26)23-15-7-9-16(10-8-15)24-20-21-11-14(12-22-20)19(27)25-17-5-3-4-6-18(17)28-2/h3-12H,1-2H3,(H,23,26)(H,25,27)(H,21,22,24). The summed E-state index contributed by atoms with van der Waals surface area (Å²) in [5.41, 5.74) is 2.33. The fourth-order valence-electron chi connectivity index (χ4n) is 2.42. The van der Waals surface area contributed by atoms with Crippen LogP contribution < -0.4 is 20.7 Å². The van der Waals surface area contributed by atoms with E-state index in [0.717, 1.165) is 5.69 Å². The predicted octanol–water partition coefficient (Wildman–Crippen LogP) is 3.44. The van der Waals surface area contributed by atoms with Crippen molar-refractivity contribution in [1.82, 2.24) is 9.97 Å². The van der Waals surface area contributed by atoms with Crippen molar-refractivity contribution < 1.29 is 14.3 Å². The maximum absolute atomic E-state index is 12.4. The van der Waals surface area contributed by atoms with Crippen LogP contribution in [0.3, 0.4) is 0 Å². The lowest BCUT2D eigenvalue weighted by atomic mass is 10.2. The number of ether oxygens (including phenoxy) is 1. The van der Waals surface area contributed by atoms with Crippen molar-refractivity contribution >= 4 is 34.8 Å². The minimum atomic E-state index is -0.337. The van der Waals surface area contributed by atoms with Crippen molar-refractivity contribution in [2.45, 2.75) is 6.92 Å². The highest BCUT2D eigenvalue weighted by Gasteiger charge is 2.10. The molecule has 0 spiro atoms.